The van der Waals surface area contributed by atoms with Gasteiger partial charge in [-0.1, -0.05) is 13.3 Å². The highest BCUT2D eigenvalue weighted by molar-refractivity contribution is 5.32. The Morgan fingerprint density at radius 1 is 1.33 bits per heavy atom. The Morgan fingerprint density at radius 2 is 2.05 bits per heavy atom. The monoisotopic (exact) mass is 298 g/mol. The van der Waals surface area contributed by atoms with Crippen LogP contribution in [0.25, 0.3) is 0 Å². The minimum absolute atomic E-state index is 0.203. The van der Waals surface area contributed by atoms with Gasteiger partial charge in [0.25, 0.3) is 0 Å². The summed E-state index contributed by atoms with van der Waals surface area (Å²) in [5, 5.41) is 3.35. The maximum atomic E-state index is 13.2. The molecule has 3 atom stereocenters. The van der Waals surface area contributed by atoms with Crippen LogP contribution in [0.4, 0.5) is 13.2 Å². The molecule has 1 aromatic heterocycles. The molecule has 0 saturated heterocycles. The second-order valence-corrected chi connectivity index (χ2v) is 6.23. The Labute approximate surface area is 123 Å². The molecule has 1 aromatic rings. The number of rotatable bonds is 5. The van der Waals surface area contributed by atoms with Crippen LogP contribution in [0.5, 0.6) is 0 Å². The predicted molar refractivity (Wildman–Crippen MR) is 74.6 cm³/mol. The minimum Gasteiger partial charge on any atom is -0.310 e. The van der Waals surface area contributed by atoms with E-state index in [0.29, 0.717) is 23.3 Å². The van der Waals surface area contributed by atoms with Crippen LogP contribution in [0.3, 0.4) is 0 Å². The van der Waals surface area contributed by atoms with Crippen molar-refractivity contribution in [2.75, 3.05) is 6.54 Å². The number of aromatic nitrogens is 1. The van der Waals surface area contributed by atoms with E-state index < -0.39 is 11.7 Å². The Balaban J connectivity index is 1.90. The molecule has 116 valence electrons. The Morgan fingerprint density at radius 3 is 2.67 bits per heavy atom. The van der Waals surface area contributed by atoms with E-state index in [2.05, 4.69) is 10.3 Å². The van der Waals surface area contributed by atoms with Crippen molar-refractivity contribution in [3.63, 3.8) is 0 Å². The van der Waals surface area contributed by atoms with Gasteiger partial charge in [-0.3, -0.25) is 4.98 Å². The van der Waals surface area contributed by atoms with E-state index in [0.717, 1.165) is 19.0 Å². The van der Waals surface area contributed by atoms with E-state index in [9.17, 15) is 13.2 Å². The van der Waals surface area contributed by atoms with Crippen molar-refractivity contribution in [2.45, 2.75) is 44.8 Å². The van der Waals surface area contributed by atoms with Crippen molar-refractivity contribution in [3.05, 3.63) is 29.6 Å². The quantitative estimate of drug-likeness (QED) is 0.881. The van der Waals surface area contributed by atoms with Gasteiger partial charge >= 0.3 is 6.18 Å². The van der Waals surface area contributed by atoms with Crippen LogP contribution in [0.15, 0.2) is 18.5 Å². The van der Waals surface area contributed by atoms with Crippen LogP contribution < -0.4 is 5.32 Å². The molecule has 1 N–H and O–H groups in total. The highest BCUT2D eigenvalue weighted by Gasteiger charge is 2.56. The number of hydrogen-bond donors (Lipinski definition) is 1. The maximum absolute atomic E-state index is 13.2. The molecule has 0 spiro atoms. The van der Waals surface area contributed by atoms with E-state index >= 15 is 0 Å². The summed E-state index contributed by atoms with van der Waals surface area (Å²) in [6, 6.07) is 0.902. The number of nitrogens with one attached hydrogen (secondary N) is 1. The van der Waals surface area contributed by atoms with Gasteiger partial charge in [0.1, 0.15) is 0 Å². The number of halogens is 3. The zero-order valence-corrected chi connectivity index (χ0v) is 12.2. The van der Waals surface area contributed by atoms with Crippen molar-refractivity contribution >= 4 is 0 Å². The fourth-order valence-corrected chi connectivity index (χ4v) is 4.04. The van der Waals surface area contributed by atoms with E-state index in [-0.39, 0.29) is 6.04 Å². The summed E-state index contributed by atoms with van der Waals surface area (Å²) in [6.45, 7) is 2.78. The molecule has 2 nitrogen and oxygen atoms in total. The second-order valence-electron chi connectivity index (χ2n) is 6.23. The largest absolute Gasteiger partial charge is 0.416 e. The Kier molecular flexibility index (Phi) is 3.95. The van der Waals surface area contributed by atoms with Crippen molar-refractivity contribution in [1.29, 1.82) is 0 Å². The van der Waals surface area contributed by atoms with E-state index in [1.165, 1.54) is 31.7 Å². The van der Waals surface area contributed by atoms with Crippen molar-refractivity contribution < 1.29 is 13.2 Å². The zero-order valence-electron chi connectivity index (χ0n) is 12.2. The highest BCUT2D eigenvalue weighted by Crippen LogP contribution is 2.62. The number of nitrogens with zero attached hydrogens (tertiary/aromatic N) is 1. The number of alkyl halides is 3. The smallest absolute Gasteiger partial charge is 0.310 e. The fourth-order valence-electron chi connectivity index (χ4n) is 4.04. The van der Waals surface area contributed by atoms with Gasteiger partial charge in [-0.05, 0) is 55.2 Å². The standard InChI is InChI=1S/C16H21F3N2/c1-2-7-21-15(14-10-4-3-5-11(10)14)12-9-20-8-6-13(12)16(17,18)19/h6,8-11,14-15,21H,2-5,7H2,1H3. The summed E-state index contributed by atoms with van der Waals surface area (Å²) in [6.07, 6.45) is 2.81. The lowest BCUT2D eigenvalue weighted by Crippen LogP contribution is -2.28. The van der Waals surface area contributed by atoms with Gasteiger partial charge < -0.3 is 5.32 Å². The van der Waals surface area contributed by atoms with Gasteiger partial charge in [-0.15, -0.1) is 0 Å². The van der Waals surface area contributed by atoms with Crippen molar-refractivity contribution in [1.82, 2.24) is 10.3 Å². The number of hydrogen-bond acceptors (Lipinski definition) is 2. The number of pyridine rings is 1. The van der Waals surface area contributed by atoms with Gasteiger partial charge in [0, 0.05) is 18.4 Å². The Hall–Kier alpha value is -1.10. The lowest BCUT2D eigenvalue weighted by atomic mass is 9.94. The second kappa shape index (κ2) is 5.59. The first kappa shape index (κ1) is 14.8. The molecule has 0 bridgehead atoms. The first-order valence-corrected chi connectivity index (χ1v) is 7.78. The van der Waals surface area contributed by atoms with Crippen LogP contribution >= 0.6 is 0 Å². The fraction of sp³-hybridized carbons (Fsp3) is 0.688. The SMILES string of the molecule is CCCNC(c1cnccc1C(F)(F)F)C1C2CCCC21. The van der Waals surface area contributed by atoms with Gasteiger partial charge in [0.05, 0.1) is 5.56 Å². The normalized spacial score (nSPS) is 29.2. The molecule has 0 aromatic carbocycles. The Bertz CT molecular complexity index is 491. The molecule has 2 saturated carbocycles. The van der Waals surface area contributed by atoms with Gasteiger partial charge in [-0.2, -0.15) is 13.2 Å². The number of fused-ring (bicyclic) bond motifs is 1. The van der Waals surface area contributed by atoms with Gasteiger partial charge in [0.15, 0.2) is 0 Å². The highest BCUT2D eigenvalue weighted by atomic mass is 19.4. The molecule has 3 rings (SSSR count). The molecule has 3 unspecified atom stereocenters. The zero-order chi connectivity index (χ0) is 15.0. The summed E-state index contributed by atoms with van der Waals surface area (Å²) >= 11 is 0. The molecule has 1 heterocycles. The average Bonchev–Trinajstić information content (AvgIpc) is 2.92. The maximum Gasteiger partial charge on any atom is 0.416 e. The van der Waals surface area contributed by atoms with Crippen LogP contribution in [0.2, 0.25) is 0 Å². The molecule has 21 heavy (non-hydrogen) atoms. The van der Waals surface area contributed by atoms with Crippen LogP contribution in [0, 0.1) is 17.8 Å². The van der Waals surface area contributed by atoms with Crippen molar-refractivity contribution in [3.8, 4) is 0 Å². The minimum atomic E-state index is -4.31. The van der Waals surface area contributed by atoms with Crippen LogP contribution in [0.1, 0.15) is 49.8 Å². The van der Waals surface area contributed by atoms with Crippen LogP contribution in [-0.2, 0) is 6.18 Å². The summed E-state index contributed by atoms with van der Waals surface area (Å²) in [5.74, 6) is 1.58. The molecule has 0 amide bonds. The van der Waals surface area contributed by atoms with E-state index in [4.69, 9.17) is 0 Å². The first-order chi connectivity index (χ1) is 10.0. The lowest BCUT2D eigenvalue weighted by Gasteiger charge is -2.24. The molecular formula is C16H21F3N2. The molecule has 0 radical (unpaired) electrons. The summed E-state index contributed by atoms with van der Waals surface area (Å²) in [4.78, 5) is 3.95. The molecule has 0 aliphatic heterocycles. The van der Waals surface area contributed by atoms with E-state index in [1.807, 2.05) is 6.92 Å². The summed E-state index contributed by atoms with van der Waals surface area (Å²) in [7, 11) is 0. The summed E-state index contributed by atoms with van der Waals surface area (Å²) in [5.41, 5.74) is -0.200. The van der Waals surface area contributed by atoms with Crippen molar-refractivity contribution in [2.24, 2.45) is 17.8 Å². The van der Waals surface area contributed by atoms with E-state index in [1.54, 1.807) is 0 Å². The van der Waals surface area contributed by atoms with Crippen LogP contribution in [-0.4, -0.2) is 11.5 Å². The van der Waals surface area contributed by atoms with Gasteiger partial charge in [0.2, 0.25) is 0 Å². The molecular weight excluding hydrogens is 277 g/mol. The predicted octanol–water partition coefficient (Wildman–Crippen LogP) is 4.19. The average molecular weight is 298 g/mol. The third-order valence-corrected chi connectivity index (χ3v) is 4.96. The molecule has 2 aliphatic carbocycles. The van der Waals surface area contributed by atoms with Gasteiger partial charge in [-0.25, -0.2) is 0 Å². The third kappa shape index (κ3) is 2.80. The molecule has 2 fully saturated rings. The third-order valence-electron chi connectivity index (χ3n) is 4.96. The summed E-state index contributed by atoms with van der Waals surface area (Å²) < 4.78 is 39.7. The topological polar surface area (TPSA) is 24.9 Å². The molecule has 2 aliphatic rings. The molecule has 5 heteroatoms. The first-order valence-electron chi connectivity index (χ1n) is 7.78. The lowest BCUT2D eigenvalue weighted by molar-refractivity contribution is -0.138.